The largest absolute Gasteiger partial charge is 0.493 e. The lowest BCUT2D eigenvalue weighted by Crippen LogP contribution is -2.27. The molecule has 0 spiro atoms. The number of nitrogens with zero attached hydrogens (tertiary/aromatic N) is 2. The SMILES string of the molecule is COc1ccc(-c2cnc(N)c(-c3ccc(NC(=O)c4cn(CC(F)(F)F)cc(-c5ccccc5F)c4=O)cc3)c2)cc1OC. The topological polar surface area (TPSA) is 108 Å². The number of hydrogen-bond acceptors (Lipinski definition) is 6. The molecule has 5 rings (SSSR count). The molecule has 0 aliphatic rings. The number of benzene rings is 3. The molecule has 0 bridgehead atoms. The number of rotatable bonds is 8. The van der Waals surface area contributed by atoms with E-state index >= 15 is 0 Å². The lowest BCUT2D eigenvalue weighted by atomic mass is 10.0. The Morgan fingerprint density at radius 3 is 2.22 bits per heavy atom. The predicted molar refractivity (Wildman–Crippen MR) is 163 cm³/mol. The maximum Gasteiger partial charge on any atom is 0.406 e. The first-order valence-corrected chi connectivity index (χ1v) is 13.4. The molecular formula is C33H26F4N4O4. The van der Waals surface area contributed by atoms with Crippen LogP contribution in [0.25, 0.3) is 33.4 Å². The van der Waals surface area contributed by atoms with E-state index in [1.807, 2.05) is 12.1 Å². The van der Waals surface area contributed by atoms with E-state index in [4.69, 9.17) is 15.2 Å². The third-order valence-corrected chi connectivity index (χ3v) is 6.94. The fourth-order valence-electron chi connectivity index (χ4n) is 4.77. The van der Waals surface area contributed by atoms with Crippen LogP contribution >= 0.6 is 0 Å². The molecule has 0 fully saturated rings. The van der Waals surface area contributed by atoms with Crippen molar-refractivity contribution in [3.8, 4) is 44.9 Å². The third-order valence-electron chi connectivity index (χ3n) is 6.94. The Morgan fingerprint density at radius 2 is 1.56 bits per heavy atom. The summed E-state index contributed by atoms with van der Waals surface area (Å²) in [5, 5.41) is 2.54. The van der Waals surface area contributed by atoms with Crippen molar-refractivity contribution in [1.29, 1.82) is 0 Å². The number of halogens is 4. The number of anilines is 2. The number of nitrogen functional groups attached to an aromatic ring is 1. The van der Waals surface area contributed by atoms with Crippen LogP contribution in [0, 0.1) is 5.82 Å². The van der Waals surface area contributed by atoms with Gasteiger partial charge in [0.25, 0.3) is 5.91 Å². The van der Waals surface area contributed by atoms with Gasteiger partial charge in [0, 0.05) is 46.5 Å². The molecule has 0 saturated heterocycles. The quantitative estimate of drug-likeness (QED) is 0.185. The van der Waals surface area contributed by atoms with Gasteiger partial charge in [0.05, 0.1) is 14.2 Å². The van der Waals surface area contributed by atoms with Crippen LogP contribution < -0.4 is 26.0 Å². The number of carbonyl (C=O) groups excluding carboxylic acids is 1. The molecule has 0 atom stereocenters. The van der Waals surface area contributed by atoms with Crippen molar-refractivity contribution in [2.45, 2.75) is 12.7 Å². The Morgan fingerprint density at radius 1 is 0.867 bits per heavy atom. The van der Waals surface area contributed by atoms with E-state index < -0.39 is 35.4 Å². The molecule has 2 aromatic heterocycles. The summed E-state index contributed by atoms with van der Waals surface area (Å²) in [5.41, 5.74) is 7.15. The van der Waals surface area contributed by atoms with Crippen LogP contribution in [0.5, 0.6) is 11.5 Å². The van der Waals surface area contributed by atoms with Gasteiger partial charge in [-0.15, -0.1) is 0 Å². The van der Waals surface area contributed by atoms with Gasteiger partial charge in [-0.25, -0.2) is 9.37 Å². The number of alkyl halides is 3. The van der Waals surface area contributed by atoms with Crippen LogP contribution in [0.1, 0.15) is 10.4 Å². The molecule has 1 amide bonds. The Kier molecular flexibility index (Phi) is 8.57. The van der Waals surface area contributed by atoms with Gasteiger partial charge in [-0.05, 0) is 47.5 Å². The monoisotopic (exact) mass is 618 g/mol. The van der Waals surface area contributed by atoms with Crippen molar-refractivity contribution in [3.05, 3.63) is 113 Å². The molecule has 0 saturated carbocycles. The van der Waals surface area contributed by atoms with Crippen molar-refractivity contribution in [2.75, 3.05) is 25.3 Å². The summed E-state index contributed by atoms with van der Waals surface area (Å²) in [7, 11) is 3.08. The van der Waals surface area contributed by atoms with Gasteiger partial charge in [-0.2, -0.15) is 13.2 Å². The number of carbonyl (C=O) groups is 1. The fourth-order valence-corrected chi connectivity index (χ4v) is 4.77. The highest BCUT2D eigenvalue weighted by atomic mass is 19.4. The lowest BCUT2D eigenvalue weighted by Gasteiger charge is -2.15. The van der Waals surface area contributed by atoms with E-state index in [0.29, 0.717) is 27.2 Å². The Hall–Kier alpha value is -5.65. The average Bonchev–Trinajstić information content (AvgIpc) is 3.01. The van der Waals surface area contributed by atoms with Crippen LogP contribution in [0.2, 0.25) is 0 Å². The molecule has 12 heteroatoms. The van der Waals surface area contributed by atoms with E-state index in [9.17, 15) is 27.2 Å². The summed E-state index contributed by atoms with van der Waals surface area (Å²) in [5.74, 6) is -0.409. The zero-order valence-electron chi connectivity index (χ0n) is 24.0. The minimum absolute atomic E-state index is 0.223. The number of nitrogens with two attached hydrogens (primary N) is 1. The van der Waals surface area contributed by atoms with Crippen molar-refractivity contribution in [1.82, 2.24) is 9.55 Å². The van der Waals surface area contributed by atoms with Gasteiger partial charge >= 0.3 is 6.18 Å². The summed E-state index contributed by atoms with van der Waals surface area (Å²) in [4.78, 5) is 30.7. The second-order valence-electron chi connectivity index (χ2n) is 9.94. The minimum atomic E-state index is -4.65. The highest BCUT2D eigenvalue weighted by molar-refractivity contribution is 6.04. The smallest absolute Gasteiger partial charge is 0.406 e. The number of hydrogen-bond donors (Lipinski definition) is 2. The average molecular weight is 619 g/mol. The molecule has 0 radical (unpaired) electrons. The van der Waals surface area contributed by atoms with E-state index in [0.717, 1.165) is 29.6 Å². The van der Waals surface area contributed by atoms with Crippen LogP contribution in [0.3, 0.4) is 0 Å². The molecule has 0 unspecified atom stereocenters. The fraction of sp³-hybridized carbons (Fsp3) is 0.121. The molecule has 3 aromatic carbocycles. The van der Waals surface area contributed by atoms with E-state index in [2.05, 4.69) is 10.3 Å². The second-order valence-corrected chi connectivity index (χ2v) is 9.94. The van der Waals surface area contributed by atoms with E-state index in [-0.39, 0.29) is 22.6 Å². The van der Waals surface area contributed by atoms with Crippen molar-refractivity contribution >= 4 is 17.4 Å². The summed E-state index contributed by atoms with van der Waals surface area (Å²) in [6.45, 7) is -1.48. The van der Waals surface area contributed by atoms with Gasteiger partial charge < -0.3 is 25.1 Å². The van der Waals surface area contributed by atoms with Crippen LogP contribution in [0.4, 0.5) is 29.1 Å². The molecule has 5 aromatic rings. The predicted octanol–water partition coefficient (Wildman–Crippen LogP) is 6.80. The van der Waals surface area contributed by atoms with Crippen molar-refractivity contribution < 1.29 is 31.8 Å². The molecular weight excluding hydrogens is 592 g/mol. The van der Waals surface area contributed by atoms with Crippen LogP contribution in [-0.4, -0.2) is 35.9 Å². The Bertz CT molecular complexity index is 1940. The second kappa shape index (κ2) is 12.5. The van der Waals surface area contributed by atoms with E-state index in [1.165, 1.54) is 25.3 Å². The number of nitrogens with one attached hydrogen (secondary N) is 1. The number of aromatic nitrogens is 2. The van der Waals surface area contributed by atoms with Gasteiger partial charge in [-0.1, -0.05) is 36.4 Å². The molecule has 3 N–H and O–H groups in total. The normalized spacial score (nSPS) is 11.2. The Balaban J connectivity index is 1.44. The summed E-state index contributed by atoms with van der Waals surface area (Å²) < 4.78 is 65.5. The van der Waals surface area contributed by atoms with E-state index in [1.54, 1.807) is 49.7 Å². The standard InChI is InChI=1S/C33H26F4N4O4/c1-44-28-12-9-20(14-29(28)45-2)21-13-24(31(38)39-15-21)19-7-10-22(11-8-19)40-32(43)26-17-41(18-33(35,36)37)16-25(30(26)42)23-5-3-4-6-27(23)34/h3-17H,18H2,1-2H3,(H2,38,39)(H,40,43). The Labute approximate surface area is 254 Å². The maximum atomic E-state index is 14.5. The molecule has 0 aliphatic carbocycles. The summed E-state index contributed by atoms with van der Waals surface area (Å²) in [6.07, 6.45) is -1.35. The molecule has 8 nitrogen and oxygen atoms in total. The summed E-state index contributed by atoms with van der Waals surface area (Å²) in [6, 6.07) is 18.8. The minimum Gasteiger partial charge on any atom is -0.493 e. The molecule has 230 valence electrons. The van der Waals surface area contributed by atoms with Crippen molar-refractivity contribution in [3.63, 3.8) is 0 Å². The number of amides is 1. The lowest BCUT2D eigenvalue weighted by molar-refractivity contribution is -0.140. The third kappa shape index (κ3) is 6.80. The van der Waals surface area contributed by atoms with Crippen molar-refractivity contribution in [2.24, 2.45) is 0 Å². The van der Waals surface area contributed by atoms with Gasteiger partial charge in [-0.3, -0.25) is 9.59 Å². The van der Waals surface area contributed by atoms with Crippen LogP contribution in [-0.2, 0) is 6.54 Å². The zero-order chi connectivity index (χ0) is 32.3. The first-order valence-electron chi connectivity index (χ1n) is 13.4. The molecule has 0 aliphatic heterocycles. The number of methoxy groups -OCH3 is 2. The van der Waals surface area contributed by atoms with Crippen LogP contribution in [0.15, 0.2) is 96.2 Å². The van der Waals surface area contributed by atoms with Gasteiger partial charge in [0.15, 0.2) is 11.5 Å². The van der Waals surface area contributed by atoms with Gasteiger partial charge in [0.2, 0.25) is 5.43 Å². The molecule has 45 heavy (non-hydrogen) atoms. The number of pyridine rings is 2. The first kappa shape index (κ1) is 30.8. The maximum absolute atomic E-state index is 14.5. The highest BCUT2D eigenvalue weighted by Gasteiger charge is 2.29. The highest BCUT2D eigenvalue weighted by Crippen LogP contribution is 2.35. The van der Waals surface area contributed by atoms with Gasteiger partial charge in [0.1, 0.15) is 23.7 Å². The first-order chi connectivity index (χ1) is 21.5. The number of ether oxygens (including phenoxy) is 2. The molecule has 2 heterocycles. The summed E-state index contributed by atoms with van der Waals surface area (Å²) >= 11 is 0. The zero-order valence-corrected chi connectivity index (χ0v) is 24.0.